The fourth-order valence-corrected chi connectivity index (χ4v) is 4.03. The lowest BCUT2D eigenvalue weighted by molar-refractivity contribution is -0.138. The van der Waals surface area contributed by atoms with Crippen molar-refractivity contribution in [2.75, 3.05) is 13.2 Å². The number of nitrogens with one attached hydrogen (secondary N) is 1. The molecule has 3 unspecified atom stereocenters. The average Bonchev–Trinajstić information content (AvgIpc) is 2.98. The molecule has 0 saturated carbocycles. The van der Waals surface area contributed by atoms with E-state index in [9.17, 15) is 14.4 Å². The molecule has 28 heavy (non-hydrogen) atoms. The molecule has 152 valence electrons. The smallest absolute Gasteiger partial charge is 0.224 e. The van der Waals surface area contributed by atoms with Gasteiger partial charge in [0.1, 0.15) is 12.6 Å². The number of ketones is 1. The molecule has 1 saturated heterocycles. The summed E-state index contributed by atoms with van der Waals surface area (Å²) in [4.78, 5) is 39.6. The van der Waals surface area contributed by atoms with E-state index in [1.54, 1.807) is 6.92 Å². The topological polar surface area (TPSA) is 75.7 Å². The average molecular weight is 386 g/mol. The first-order valence-corrected chi connectivity index (χ1v) is 10.1. The third kappa shape index (κ3) is 4.79. The van der Waals surface area contributed by atoms with E-state index in [-0.39, 0.29) is 42.6 Å². The lowest BCUT2D eigenvalue weighted by atomic mass is 9.91. The Morgan fingerprint density at radius 3 is 2.61 bits per heavy atom. The molecule has 2 amide bonds. The SMILES string of the molecule is CC(C)CC(CC(=O)N1CCc2ccccc2C1)C(=O)NC1C(=O)COC1C. The molecule has 6 nitrogen and oxygen atoms in total. The first-order valence-electron chi connectivity index (χ1n) is 10.1. The van der Waals surface area contributed by atoms with Crippen LogP contribution in [0.25, 0.3) is 0 Å². The second-order valence-electron chi connectivity index (χ2n) is 8.33. The number of carbonyl (C=O) groups excluding carboxylic acids is 3. The van der Waals surface area contributed by atoms with Crippen LogP contribution in [0.2, 0.25) is 0 Å². The van der Waals surface area contributed by atoms with Crippen molar-refractivity contribution in [2.24, 2.45) is 11.8 Å². The molecule has 1 aromatic carbocycles. The molecule has 1 fully saturated rings. The van der Waals surface area contributed by atoms with Crippen molar-refractivity contribution < 1.29 is 19.1 Å². The van der Waals surface area contributed by atoms with Gasteiger partial charge >= 0.3 is 0 Å². The van der Waals surface area contributed by atoms with Crippen LogP contribution in [0.15, 0.2) is 24.3 Å². The van der Waals surface area contributed by atoms with E-state index >= 15 is 0 Å². The summed E-state index contributed by atoms with van der Waals surface area (Å²) >= 11 is 0. The second-order valence-corrected chi connectivity index (χ2v) is 8.33. The number of Topliss-reactive ketones (excluding diaryl/α,β-unsaturated/α-hetero) is 1. The van der Waals surface area contributed by atoms with Crippen molar-refractivity contribution in [1.29, 1.82) is 0 Å². The third-order valence-electron chi connectivity index (χ3n) is 5.63. The molecular weight excluding hydrogens is 356 g/mol. The van der Waals surface area contributed by atoms with Crippen LogP contribution in [0.4, 0.5) is 0 Å². The third-order valence-corrected chi connectivity index (χ3v) is 5.63. The number of ether oxygens (including phenoxy) is 1. The van der Waals surface area contributed by atoms with Crippen LogP contribution in [0, 0.1) is 11.8 Å². The Labute approximate surface area is 166 Å². The largest absolute Gasteiger partial charge is 0.368 e. The van der Waals surface area contributed by atoms with Gasteiger partial charge in [0.05, 0.1) is 6.10 Å². The number of amides is 2. The number of nitrogens with zero attached hydrogens (tertiary/aromatic N) is 1. The molecule has 0 aliphatic carbocycles. The lowest BCUT2D eigenvalue weighted by Gasteiger charge is -2.30. The highest BCUT2D eigenvalue weighted by molar-refractivity contribution is 5.93. The maximum Gasteiger partial charge on any atom is 0.224 e. The first kappa shape index (κ1) is 20.5. The fraction of sp³-hybridized carbons (Fsp3) is 0.591. The van der Waals surface area contributed by atoms with E-state index in [2.05, 4.69) is 17.4 Å². The normalized spacial score (nSPS) is 22.9. The quantitative estimate of drug-likeness (QED) is 0.812. The summed E-state index contributed by atoms with van der Waals surface area (Å²) in [5.41, 5.74) is 2.46. The molecule has 3 atom stereocenters. The first-order chi connectivity index (χ1) is 13.3. The Bertz CT molecular complexity index is 746. The molecule has 2 aliphatic heterocycles. The summed E-state index contributed by atoms with van der Waals surface area (Å²) in [5, 5.41) is 2.82. The van der Waals surface area contributed by atoms with Gasteiger partial charge in [0.2, 0.25) is 11.8 Å². The van der Waals surface area contributed by atoms with Gasteiger partial charge in [0, 0.05) is 25.4 Å². The number of benzene rings is 1. The number of carbonyl (C=O) groups is 3. The zero-order chi connectivity index (χ0) is 20.3. The van der Waals surface area contributed by atoms with E-state index in [0.717, 1.165) is 6.42 Å². The zero-order valence-electron chi connectivity index (χ0n) is 16.9. The second kappa shape index (κ2) is 8.86. The van der Waals surface area contributed by atoms with Crippen LogP contribution in [0.1, 0.15) is 44.7 Å². The van der Waals surface area contributed by atoms with Gasteiger partial charge < -0.3 is 15.0 Å². The Morgan fingerprint density at radius 1 is 1.25 bits per heavy atom. The summed E-state index contributed by atoms with van der Waals surface area (Å²) in [6, 6.07) is 7.56. The Balaban J connectivity index is 1.64. The summed E-state index contributed by atoms with van der Waals surface area (Å²) in [6.07, 6.45) is 1.29. The number of rotatable bonds is 6. The van der Waals surface area contributed by atoms with E-state index in [0.29, 0.717) is 19.5 Å². The summed E-state index contributed by atoms with van der Waals surface area (Å²) in [5.74, 6) is -0.500. The van der Waals surface area contributed by atoms with Crippen molar-refractivity contribution in [3.05, 3.63) is 35.4 Å². The van der Waals surface area contributed by atoms with E-state index in [4.69, 9.17) is 4.74 Å². The zero-order valence-corrected chi connectivity index (χ0v) is 16.9. The number of fused-ring (bicyclic) bond motifs is 1. The highest BCUT2D eigenvalue weighted by atomic mass is 16.5. The van der Waals surface area contributed by atoms with Crippen molar-refractivity contribution in [1.82, 2.24) is 10.2 Å². The molecule has 2 heterocycles. The minimum atomic E-state index is -0.612. The number of hydrogen-bond acceptors (Lipinski definition) is 4. The molecule has 0 bridgehead atoms. The van der Waals surface area contributed by atoms with Gasteiger partial charge in [-0.05, 0) is 36.8 Å². The van der Waals surface area contributed by atoms with Gasteiger partial charge in [0.15, 0.2) is 5.78 Å². The van der Waals surface area contributed by atoms with Gasteiger partial charge in [-0.1, -0.05) is 38.1 Å². The number of hydrogen-bond donors (Lipinski definition) is 1. The minimum Gasteiger partial charge on any atom is -0.368 e. The van der Waals surface area contributed by atoms with Crippen molar-refractivity contribution in [3.8, 4) is 0 Å². The van der Waals surface area contributed by atoms with Gasteiger partial charge in [-0.2, -0.15) is 0 Å². The lowest BCUT2D eigenvalue weighted by Crippen LogP contribution is -2.47. The van der Waals surface area contributed by atoms with Crippen LogP contribution in [-0.2, 0) is 32.1 Å². The minimum absolute atomic E-state index is 0.00245. The standard InChI is InChI=1S/C22H30N2O4/c1-14(2)10-18(22(27)23-21-15(3)28-13-19(21)25)11-20(26)24-9-8-16-6-4-5-7-17(16)12-24/h4-7,14-15,18,21H,8-13H2,1-3H3,(H,23,27). The molecule has 6 heteroatoms. The Kier molecular flexibility index (Phi) is 6.50. The molecule has 0 aromatic heterocycles. The van der Waals surface area contributed by atoms with E-state index in [1.807, 2.05) is 30.9 Å². The van der Waals surface area contributed by atoms with Gasteiger partial charge in [-0.25, -0.2) is 0 Å². The van der Waals surface area contributed by atoms with E-state index < -0.39 is 12.0 Å². The maximum absolute atomic E-state index is 12.9. The predicted octanol–water partition coefficient (Wildman–Crippen LogP) is 2.10. The molecular formula is C22H30N2O4. The van der Waals surface area contributed by atoms with Crippen LogP contribution < -0.4 is 5.32 Å². The summed E-state index contributed by atoms with van der Waals surface area (Å²) in [6.45, 7) is 7.16. The van der Waals surface area contributed by atoms with Crippen LogP contribution >= 0.6 is 0 Å². The van der Waals surface area contributed by atoms with Crippen LogP contribution in [0.3, 0.4) is 0 Å². The van der Waals surface area contributed by atoms with Crippen molar-refractivity contribution in [3.63, 3.8) is 0 Å². The summed E-state index contributed by atoms with van der Waals surface area (Å²) < 4.78 is 5.31. The van der Waals surface area contributed by atoms with Gasteiger partial charge in [0.25, 0.3) is 0 Å². The highest BCUT2D eigenvalue weighted by Gasteiger charge is 2.36. The molecule has 3 rings (SSSR count). The Hall–Kier alpha value is -2.21. The highest BCUT2D eigenvalue weighted by Crippen LogP contribution is 2.23. The summed E-state index contributed by atoms with van der Waals surface area (Å²) in [7, 11) is 0. The van der Waals surface area contributed by atoms with Crippen molar-refractivity contribution >= 4 is 17.6 Å². The van der Waals surface area contributed by atoms with E-state index in [1.165, 1.54) is 11.1 Å². The predicted molar refractivity (Wildman–Crippen MR) is 105 cm³/mol. The monoisotopic (exact) mass is 386 g/mol. The van der Waals surface area contributed by atoms with Crippen LogP contribution in [-0.4, -0.2) is 47.8 Å². The van der Waals surface area contributed by atoms with Crippen molar-refractivity contribution in [2.45, 2.75) is 58.7 Å². The fourth-order valence-electron chi connectivity index (χ4n) is 4.03. The molecule has 0 radical (unpaired) electrons. The molecule has 1 N–H and O–H groups in total. The van der Waals surface area contributed by atoms with Gasteiger partial charge in [-0.3, -0.25) is 14.4 Å². The Morgan fingerprint density at radius 2 is 1.96 bits per heavy atom. The van der Waals surface area contributed by atoms with Crippen LogP contribution in [0.5, 0.6) is 0 Å². The van der Waals surface area contributed by atoms with Gasteiger partial charge in [-0.15, -0.1) is 0 Å². The molecule has 2 aliphatic rings. The maximum atomic E-state index is 12.9. The molecule has 1 aromatic rings. The molecule has 0 spiro atoms.